The van der Waals surface area contributed by atoms with E-state index in [0.717, 1.165) is 141 Å². The number of hydrogen-bond donors (Lipinski definition) is 0. The summed E-state index contributed by atoms with van der Waals surface area (Å²) in [6.07, 6.45) is 90.4. The number of ether oxygens (including phenoxy) is 3. The van der Waals surface area contributed by atoms with Crippen molar-refractivity contribution in [2.24, 2.45) is 0 Å². The average molecular weight is 1070 g/mol. The molecule has 6 nitrogen and oxygen atoms in total. The fourth-order valence-electron chi connectivity index (χ4n) is 8.50. The van der Waals surface area contributed by atoms with Crippen LogP contribution in [0.5, 0.6) is 0 Å². The minimum atomic E-state index is -0.811. The van der Waals surface area contributed by atoms with Crippen molar-refractivity contribution < 1.29 is 28.6 Å². The molecule has 0 N–H and O–H groups in total. The first kappa shape index (κ1) is 72.5. The third kappa shape index (κ3) is 62.3. The van der Waals surface area contributed by atoms with Gasteiger partial charge in [-0.3, -0.25) is 14.4 Å². The Balaban J connectivity index is 4.30. The highest BCUT2D eigenvalue weighted by Gasteiger charge is 2.19. The van der Waals surface area contributed by atoms with Gasteiger partial charge in [0.15, 0.2) is 6.10 Å². The lowest BCUT2D eigenvalue weighted by atomic mass is 10.0. The largest absolute Gasteiger partial charge is 0.462 e. The average Bonchev–Trinajstić information content (AvgIpc) is 3.43. The van der Waals surface area contributed by atoms with Crippen molar-refractivity contribution in [1.82, 2.24) is 0 Å². The molecule has 1 atom stereocenters. The van der Waals surface area contributed by atoms with Crippen LogP contribution in [0.15, 0.2) is 134 Å². The lowest BCUT2D eigenvalue weighted by molar-refractivity contribution is -0.167. The van der Waals surface area contributed by atoms with E-state index in [1.165, 1.54) is 89.9 Å². The molecule has 0 fully saturated rings. The normalized spacial score (nSPS) is 13.0. The lowest BCUT2D eigenvalue weighted by Crippen LogP contribution is -2.30. The van der Waals surface area contributed by atoms with E-state index in [1.54, 1.807) is 0 Å². The minimum absolute atomic E-state index is 0.103. The molecule has 77 heavy (non-hydrogen) atoms. The summed E-state index contributed by atoms with van der Waals surface area (Å²) >= 11 is 0. The van der Waals surface area contributed by atoms with E-state index in [1.807, 2.05) is 0 Å². The molecule has 0 aromatic rings. The SMILES string of the molecule is CC/C=C\C/C=C\C/C=C\C/C=C\CCCCCCCCCCCCCCCCCCC(=O)OCC(COC(=O)CCCCCCC/C=C\C/C=C\C/C=C\CC)OC(=O)CCCC/C=C\C/C=C\C/C=C\C/C=C\CC. The Morgan fingerprint density at radius 3 is 0.753 bits per heavy atom. The highest BCUT2D eigenvalue weighted by atomic mass is 16.6. The summed E-state index contributed by atoms with van der Waals surface area (Å²) < 4.78 is 16.9. The van der Waals surface area contributed by atoms with Crippen molar-refractivity contribution in [3.8, 4) is 0 Å². The summed E-state index contributed by atoms with van der Waals surface area (Å²) in [4.78, 5) is 38.3. The van der Waals surface area contributed by atoms with E-state index >= 15 is 0 Å². The maximum Gasteiger partial charge on any atom is 0.306 e. The maximum atomic E-state index is 12.9. The Labute approximate surface area is 475 Å². The summed E-state index contributed by atoms with van der Waals surface area (Å²) in [5.41, 5.74) is 0. The molecule has 0 saturated heterocycles. The van der Waals surface area contributed by atoms with Crippen LogP contribution >= 0.6 is 0 Å². The number of esters is 3. The first-order chi connectivity index (χ1) is 38.0. The van der Waals surface area contributed by atoms with Crippen molar-refractivity contribution in [3.05, 3.63) is 134 Å². The van der Waals surface area contributed by atoms with Gasteiger partial charge in [-0.15, -0.1) is 0 Å². The number of allylic oxidation sites excluding steroid dienone is 22. The van der Waals surface area contributed by atoms with E-state index in [4.69, 9.17) is 14.2 Å². The third-order valence-corrected chi connectivity index (χ3v) is 13.1. The van der Waals surface area contributed by atoms with Crippen LogP contribution in [0.1, 0.15) is 278 Å². The van der Waals surface area contributed by atoms with Crippen LogP contribution in [0.3, 0.4) is 0 Å². The topological polar surface area (TPSA) is 78.9 Å². The molecule has 0 bridgehead atoms. The second-order valence-electron chi connectivity index (χ2n) is 20.5. The Morgan fingerprint density at radius 2 is 0.468 bits per heavy atom. The molecule has 0 radical (unpaired) electrons. The molecular formula is C71H116O6. The van der Waals surface area contributed by atoms with Gasteiger partial charge in [-0.1, -0.05) is 264 Å². The second kappa shape index (κ2) is 64.1. The van der Waals surface area contributed by atoms with Crippen molar-refractivity contribution in [2.45, 2.75) is 284 Å². The van der Waals surface area contributed by atoms with E-state index in [9.17, 15) is 14.4 Å². The van der Waals surface area contributed by atoms with Gasteiger partial charge in [0.05, 0.1) is 0 Å². The van der Waals surface area contributed by atoms with Gasteiger partial charge in [0.2, 0.25) is 0 Å². The summed E-state index contributed by atoms with van der Waals surface area (Å²) in [5.74, 6) is -0.960. The maximum absolute atomic E-state index is 12.9. The summed E-state index contributed by atoms with van der Waals surface area (Å²) in [7, 11) is 0. The van der Waals surface area contributed by atoms with Crippen molar-refractivity contribution >= 4 is 17.9 Å². The first-order valence-corrected chi connectivity index (χ1v) is 31.7. The standard InChI is InChI=1S/C71H116O6/c1-4-7-10-13-16-19-22-25-28-29-30-31-32-33-34-35-36-37-38-39-40-41-44-46-49-52-55-58-61-64-70(73)76-67-68(77-71(74)65-62-59-56-53-50-47-43-27-24-21-18-15-12-9-6-3)66-75-69(72)63-60-57-54-51-48-45-42-26-23-20-17-14-11-8-5-2/h7-12,16-21,25-28,30-31,42-43,50,53,68H,4-6,13-15,22-24,29,32-41,44-49,51-52,54-67H2,1-3H3/b10-7-,11-8-,12-9-,19-16-,20-17-,21-18-,28-25-,31-30-,42-26-,43-27-,53-50-. The van der Waals surface area contributed by atoms with Crippen LogP contribution in [0.4, 0.5) is 0 Å². The Morgan fingerprint density at radius 1 is 0.260 bits per heavy atom. The molecule has 0 amide bonds. The molecule has 0 aliphatic rings. The second-order valence-corrected chi connectivity index (χ2v) is 20.5. The van der Waals surface area contributed by atoms with Crippen LogP contribution in [0, 0.1) is 0 Å². The van der Waals surface area contributed by atoms with Gasteiger partial charge < -0.3 is 14.2 Å². The highest BCUT2D eigenvalue weighted by Crippen LogP contribution is 2.16. The molecule has 1 unspecified atom stereocenters. The highest BCUT2D eigenvalue weighted by molar-refractivity contribution is 5.71. The Bertz CT molecular complexity index is 1650. The predicted molar refractivity (Wildman–Crippen MR) is 334 cm³/mol. The van der Waals surface area contributed by atoms with Crippen molar-refractivity contribution in [3.63, 3.8) is 0 Å². The van der Waals surface area contributed by atoms with Crippen LogP contribution in [-0.4, -0.2) is 37.2 Å². The fourth-order valence-corrected chi connectivity index (χ4v) is 8.50. The molecule has 0 spiro atoms. The van der Waals surface area contributed by atoms with Crippen LogP contribution < -0.4 is 0 Å². The van der Waals surface area contributed by atoms with Crippen LogP contribution in [0.25, 0.3) is 0 Å². The van der Waals surface area contributed by atoms with Crippen LogP contribution in [0.2, 0.25) is 0 Å². The van der Waals surface area contributed by atoms with Crippen molar-refractivity contribution in [1.29, 1.82) is 0 Å². The number of hydrogen-bond acceptors (Lipinski definition) is 6. The molecule has 0 aromatic carbocycles. The van der Waals surface area contributed by atoms with Gasteiger partial charge in [-0.2, -0.15) is 0 Å². The lowest BCUT2D eigenvalue weighted by Gasteiger charge is -2.18. The van der Waals surface area contributed by atoms with Gasteiger partial charge in [-0.25, -0.2) is 0 Å². The molecule has 0 heterocycles. The van der Waals surface area contributed by atoms with Gasteiger partial charge in [0.1, 0.15) is 13.2 Å². The third-order valence-electron chi connectivity index (χ3n) is 13.1. The van der Waals surface area contributed by atoms with E-state index < -0.39 is 6.10 Å². The van der Waals surface area contributed by atoms with E-state index in [0.29, 0.717) is 19.3 Å². The van der Waals surface area contributed by atoms with Crippen LogP contribution in [-0.2, 0) is 28.6 Å². The van der Waals surface area contributed by atoms with Gasteiger partial charge >= 0.3 is 17.9 Å². The molecule has 0 rings (SSSR count). The van der Waals surface area contributed by atoms with E-state index in [2.05, 4.69) is 154 Å². The molecule has 0 saturated carbocycles. The summed E-state index contributed by atoms with van der Waals surface area (Å²) in [5, 5.41) is 0. The fraction of sp³-hybridized carbons (Fsp3) is 0.648. The monoisotopic (exact) mass is 1060 g/mol. The minimum Gasteiger partial charge on any atom is -0.462 e. The zero-order valence-electron chi connectivity index (χ0n) is 49.9. The summed E-state index contributed by atoms with van der Waals surface area (Å²) in [6, 6.07) is 0. The van der Waals surface area contributed by atoms with Gasteiger partial charge in [0.25, 0.3) is 0 Å². The molecule has 0 aliphatic carbocycles. The zero-order valence-corrected chi connectivity index (χ0v) is 49.9. The Hall–Kier alpha value is -4.45. The molecule has 0 aliphatic heterocycles. The molecule has 436 valence electrons. The number of carbonyl (C=O) groups is 3. The van der Waals surface area contributed by atoms with E-state index in [-0.39, 0.29) is 37.5 Å². The molecular weight excluding hydrogens is 949 g/mol. The molecule has 6 heteroatoms. The van der Waals surface area contributed by atoms with Gasteiger partial charge in [-0.05, 0) is 128 Å². The number of carbonyl (C=O) groups excluding carboxylic acids is 3. The smallest absolute Gasteiger partial charge is 0.306 e. The molecule has 0 aromatic heterocycles. The first-order valence-electron chi connectivity index (χ1n) is 31.7. The van der Waals surface area contributed by atoms with Crippen molar-refractivity contribution in [2.75, 3.05) is 13.2 Å². The predicted octanol–water partition coefficient (Wildman–Crippen LogP) is 21.8. The quantitative estimate of drug-likeness (QED) is 0.0261. The number of unbranched alkanes of at least 4 members (excludes halogenated alkanes) is 23. The number of rotatable bonds is 56. The van der Waals surface area contributed by atoms with Gasteiger partial charge in [0, 0.05) is 19.3 Å². The summed E-state index contributed by atoms with van der Waals surface area (Å²) in [6.45, 7) is 6.26. The Kier molecular flexibility index (Phi) is 60.4. The zero-order chi connectivity index (χ0) is 55.7.